The van der Waals surface area contributed by atoms with E-state index in [0.29, 0.717) is 0 Å². The smallest absolute Gasteiger partial charge is 0.140 e. The fraction of sp³-hybridized carbons (Fsp3) is 0.222. The number of hydrogen-bond donors (Lipinski definition) is 0. The number of halogens is 1. The van der Waals surface area contributed by atoms with Gasteiger partial charge in [0.1, 0.15) is 5.65 Å². The molecule has 0 aliphatic rings. The van der Waals surface area contributed by atoms with Crippen LogP contribution in [0.15, 0.2) is 18.5 Å². The predicted octanol–water partition coefficient (Wildman–Crippen LogP) is 2.56. The Bertz CT molecular complexity index is 431. The van der Waals surface area contributed by atoms with Gasteiger partial charge < -0.3 is 4.40 Å². The fourth-order valence-electron chi connectivity index (χ4n) is 1.28. The topological polar surface area (TPSA) is 17.3 Å². The lowest BCUT2D eigenvalue weighted by Gasteiger charge is -1.99. The lowest BCUT2D eigenvalue weighted by atomic mass is 10.3. The summed E-state index contributed by atoms with van der Waals surface area (Å²) in [4.78, 5) is 4.43. The molecule has 0 aliphatic heterocycles. The van der Waals surface area contributed by atoms with E-state index >= 15 is 0 Å². The van der Waals surface area contributed by atoms with Crippen molar-refractivity contribution in [2.24, 2.45) is 0 Å². The molecular formula is C9H9IN2. The molecule has 0 bridgehead atoms. The second-order valence-corrected chi connectivity index (χ2v) is 4.06. The van der Waals surface area contributed by atoms with E-state index in [2.05, 4.69) is 45.0 Å². The molecule has 62 valence electrons. The first-order chi connectivity index (χ1) is 5.68. The van der Waals surface area contributed by atoms with Crippen LogP contribution >= 0.6 is 22.6 Å². The zero-order valence-corrected chi connectivity index (χ0v) is 9.16. The summed E-state index contributed by atoms with van der Waals surface area (Å²) in [6.45, 7) is 4.11. The number of fused-ring (bicyclic) bond motifs is 1. The summed E-state index contributed by atoms with van der Waals surface area (Å²) in [5.74, 6) is 0. The molecule has 0 saturated carbocycles. The Morgan fingerprint density at radius 1 is 1.42 bits per heavy atom. The molecule has 0 N–H and O–H groups in total. The van der Waals surface area contributed by atoms with Crippen molar-refractivity contribution in [3.8, 4) is 0 Å². The van der Waals surface area contributed by atoms with Gasteiger partial charge in [0.2, 0.25) is 0 Å². The molecule has 12 heavy (non-hydrogen) atoms. The Kier molecular flexibility index (Phi) is 1.83. The number of imidazole rings is 1. The first kappa shape index (κ1) is 8.04. The molecule has 3 heteroatoms. The summed E-state index contributed by atoms with van der Waals surface area (Å²) in [5.41, 5.74) is 3.39. The van der Waals surface area contributed by atoms with Gasteiger partial charge in [-0.15, -0.1) is 0 Å². The quantitative estimate of drug-likeness (QED) is 0.674. The van der Waals surface area contributed by atoms with Gasteiger partial charge >= 0.3 is 0 Å². The Balaban J connectivity index is 2.89. The molecule has 2 aromatic rings. The number of hydrogen-bond acceptors (Lipinski definition) is 1. The molecule has 0 unspecified atom stereocenters. The number of pyridine rings is 1. The molecule has 2 rings (SSSR count). The highest BCUT2D eigenvalue weighted by molar-refractivity contribution is 14.1. The highest BCUT2D eigenvalue weighted by atomic mass is 127. The van der Waals surface area contributed by atoms with Crippen LogP contribution in [0.3, 0.4) is 0 Å². The molecule has 2 heterocycles. The molecule has 0 aromatic carbocycles. The molecule has 0 aliphatic carbocycles. The van der Waals surface area contributed by atoms with Crippen LogP contribution in [0, 0.1) is 17.4 Å². The summed E-state index contributed by atoms with van der Waals surface area (Å²) in [6, 6.07) is 2.10. The maximum Gasteiger partial charge on any atom is 0.140 e. The number of rotatable bonds is 0. The largest absolute Gasteiger partial charge is 0.307 e. The minimum Gasteiger partial charge on any atom is -0.307 e. The highest BCUT2D eigenvalue weighted by Crippen LogP contribution is 2.16. The van der Waals surface area contributed by atoms with E-state index in [9.17, 15) is 0 Å². The van der Waals surface area contributed by atoms with Crippen molar-refractivity contribution in [1.29, 1.82) is 0 Å². The van der Waals surface area contributed by atoms with Gasteiger partial charge in [-0.2, -0.15) is 0 Å². The monoisotopic (exact) mass is 272 g/mol. The number of aromatic nitrogens is 2. The van der Waals surface area contributed by atoms with E-state index in [0.717, 1.165) is 11.3 Å². The molecule has 0 fully saturated rings. The van der Waals surface area contributed by atoms with E-state index in [1.54, 1.807) is 0 Å². The molecule has 2 aromatic heterocycles. The number of nitrogens with zero attached hydrogens (tertiary/aromatic N) is 2. The van der Waals surface area contributed by atoms with Gasteiger partial charge in [0, 0.05) is 21.5 Å². The van der Waals surface area contributed by atoms with Crippen molar-refractivity contribution >= 4 is 28.2 Å². The third-order valence-electron chi connectivity index (χ3n) is 1.93. The SMILES string of the molecule is Cc1cn2ccc(I)c(C)c2n1. The van der Waals surface area contributed by atoms with Crippen LogP contribution in [-0.4, -0.2) is 9.38 Å². The predicted molar refractivity (Wildman–Crippen MR) is 57.4 cm³/mol. The van der Waals surface area contributed by atoms with E-state index in [1.807, 2.05) is 19.3 Å². The van der Waals surface area contributed by atoms with E-state index in [4.69, 9.17) is 0 Å². The summed E-state index contributed by atoms with van der Waals surface area (Å²) >= 11 is 2.33. The van der Waals surface area contributed by atoms with Crippen molar-refractivity contribution in [3.63, 3.8) is 0 Å². The van der Waals surface area contributed by atoms with E-state index in [-0.39, 0.29) is 0 Å². The Morgan fingerprint density at radius 2 is 2.17 bits per heavy atom. The van der Waals surface area contributed by atoms with Crippen molar-refractivity contribution in [1.82, 2.24) is 9.38 Å². The van der Waals surface area contributed by atoms with Crippen LogP contribution < -0.4 is 0 Å². The van der Waals surface area contributed by atoms with Gasteiger partial charge in [0.15, 0.2) is 0 Å². The van der Waals surface area contributed by atoms with Gasteiger partial charge in [0.05, 0.1) is 5.69 Å². The average Bonchev–Trinajstić information content (AvgIpc) is 2.39. The molecule has 0 amide bonds. The van der Waals surface area contributed by atoms with Gasteiger partial charge in [-0.1, -0.05) is 0 Å². The third-order valence-corrected chi connectivity index (χ3v) is 3.10. The minimum atomic E-state index is 1.07. The van der Waals surface area contributed by atoms with Crippen LogP contribution in [0.4, 0.5) is 0 Å². The van der Waals surface area contributed by atoms with Gasteiger partial charge in [-0.25, -0.2) is 4.98 Å². The van der Waals surface area contributed by atoms with Gasteiger partial charge in [-0.3, -0.25) is 0 Å². The van der Waals surface area contributed by atoms with Crippen molar-refractivity contribution < 1.29 is 0 Å². The van der Waals surface area contributed by atoms with Gasteiger partial charge in [0.25, 0.3) is 0 Å². The third kappa shape index (κ3) is 1.12. The second kappa shape index (κ2) is 2.73. The maximum absolute atomic E-state index is 4.43. The molecule has 0 spiro atoms. The van der Waals surface area contributed by atoms with E-state index < -0.39 is 0 Å². The highest BCUT2D eigenvalue weighted by Gasteiger charge is 2.02. The van der Waals surface area contributed by atoms with Crippen LogP contribution in [0.25, 0.3) is 5.65 Å². The Morgan fingerprint density at radius 3 is 2.92 bits per heavy atom. The van der Waals surface area contributed by atoms with Crippen molar-refractivity contribution in [2.75, 3.05) is 0 Å². The molecule has 2 nitrogen and oxygen atoms in total. The van der Waals surface area contributed by atoms with Crippen molar-refractivity contribution in [3.05, 3.63) is 33.3 Å². The summed E-state index contributed by atoms with van der Waals surface area (Å²) < 4.78 is 3.33. The number of aryl methyl sites for hydroxylation is 2. The Labute approximate surface area is 84.8 Å². The molecule has 0 saturated heterocycles. The second-order valence-electron chi connectivity index (χ2n) is 2.90. The fourth-order valence-corrected chi connectivity index (χ4v) is 1.69. The summed E-state index contributed by atoms with van der Waals surface area (Å²) in [7, 11) is 0. The average molecular weight is 272 g/mol. The molecular weight excluding hydrogens is 263 g/mol. The zero-order chi connectivity index (χ0) is 8.72. The standard InChI is InChI=1S/C9H9IN2/c1-6-5-12-4-3-8(10)7(2)9(12)11-6/h3-5H,1-2H3. The summed E-state index contributed by atoms with van der Waals surface area (Å²) in [5, 5.41) is 0. The summed E-state index contributed by atoms with van der Waals surface area (Å²) in [6.07, 6.45) is 4.09. The molecule has 0 atom stereocenters. The minimum absolute atomic E-state index is 1.07. The van der Waals surface area contributed by atoms with E-state index in [1.165, 1.54) is 9.13 Å². The van der Waals surface area contributed by atoms with Crippen molar-refractivity contribution in [2.45, 2.75) is 13.8 Å². The maximum atomic E-state index is 4.43. The van der Waals surface area contributed by atoms with Gasteiger partial charge in [-0.05, 0) is 42.5 Å². The lowest BCUT2D eigenvalue weighted by molar-refractivity contribution is 1.15. The first-order valence-corrected chi connectivity index (χ1v) is 4.87. The lowest BCUT2D eigenvalue weighted by Crippen LogP contribution is -1.88. The zero-order valence-electron chi connectivity index (χ0n) is 7.00. The first-order valence-electron chi connectivity index (χ1n) is 3.79. The van der Waals surface area contributed by atoms with Crippen LogP contribution in [0.1, 0.15) is 11.3 Å². The van der Waals surface area contributed by atoms with Crippen LogP contribution in [0.5, 0.6) is 0 Å². The Hall–Kier alpha value is -0.580. The van der Waals surface area contributed by atoms with Crippen LogP contribution in [0.2, 0.25) is 0 Å². The van der Waals surface area contributed by atoms with Crippen LogP contribution in [-0.2, 0) is 0 Å². The normalized spacial score (nSPS) is 10.9. The molecule has 0 radical (unpaired) electrons.